The Hall–Kier alpha value is -1.66. The van der Waals surface area contributed by atoms with E-state index in [1.807, 2.05) is 0 Å². The monoisotopic (exact) mass is 327 g/mol. The quantitative estimate of drug-likeness (QED) is 0.535. The number of aromatic nitrogens is 2. The Bertz CT molecular complexity index is 580. The molecule has 92 valence electrons. The van der Waals surface area contributed by atoms with Gasteiger partial charge in [-0.25, -0.2) is 4.79 Å². The Morgan fingerprint density at radius 3 is 2.78 bits per heavy atom. The summed E-state index contributed by atoms with van der Waals surface area (Å²) in [4.78, 5) is 16.3. The van der Waals surface area contributed by atoms with Crippen LogP contribution in [0.4, 0.5) is 0 Å². The number of rotatable bonds is 3. The summed E-state index contributed by atoms with van der Waals surface area (Å²) in [5, 5.41) is 10.6. The lowest BCUT2D eigenvalue weighted by Gasteiger charge is -1.97. The van der Waals surface area contributed by atoms with E-state index in [0.717, 1.165) is 4.47 Å². The van der Waals surface area contributed by atoms with Crippen molar-refractivity contribution in [3.63, 3.8) is 0 Å². The van der Waals surface area contributed by atoms with Crippen molar-refractivity contribution in [3.8, 4) is 0 Å². The zero-order valence-corrected chi connectivity index (χ0v) is 11.3. The van der Waals surface area contributed by atoms with Crippen molar-refractivity contribution < 1.29 is 9.63 Å². The summed E-state index contributed by atoms with van der Waals surface area (Å²) in [7, 11) is 0. The maximum absolute atomic E-state index is 11.6. The molecule has 1 aromatic carbocycles. The van der Waals surface area contributed by atoms with E-state index in [4.69, 9.17) is 16.4 Å². The standard InChI is InChI=1S/C11H7BrClN3O2/c12-9-5-14-16-10(9)6-15-18-11(17)7-1-3-8(13)4-2-7/h1-6H,(H,14,16)/b15-6+. The first-order valence-corrected chi connectivity index (χ1v) is 6.03. The summed E-state index contributed by atoms with van der Waals surface area (Å²) in [5.74, 6) is -0.557. The lowest BCUT2D eigenvalue weighted by molar-refractivity contribution is 0.0519. The molecule has 0 aliphatic heterocycles. The fourth-order valence-electron chi connectivity index (χ4n) is 1.14. The number of halogens is 2. The summed E-state index contributed by atoms with van der Waals surface area (Å²) in [5.41, 5.74) is 0.985. The van der Waals surface area contributed by atoms with Crippen molar-refractivity contribution in [1.82, 2.24) is 10.2 Å². The number of hydrogen-bond donors (Lipinski definition) is 1. The van der Waals surface area contributed by atoms with Gasteiger partial charge in [0.05, 0.1) is 28.1 Å². The summed E-state index contributed by atoms with van der Waals surface area (Å²) < 4.78 is 0.730. The van der Waals surface area contributed by atoms with Gasteiger partial charge in [0.1, 0.15) is 0 Å². The van der Waals surface area contributed by atoms with Crippen molar-refractivity contribution in [2.24, 2.45) is 5.16 Å². The Labute approximate surface area is 116 Å². The van der Waals surface area contributed by atoms with Crippen LogP contribution < -0.4 is 0 Å². The number of H-pyrrole nitrogens is 1. The van der Waals surface area contributed by atoms with Crippen molar-refractivity contribution in [2.45, 2.75) is 0 Å². The third-order valence-corrected chi connectivity index (χ3v) is 2.90. The van der Waals surface area contributed by atoms with Gasteiger partial charge in [0.2, 0.25) is 0 Å². The van der Waals surface area contributed by atoms with Crippen LogP contribution in [0.3, 0.4) is 0 Å². The molecule has 2 rings (SSSR count). The summed E-state index contributed by atoms with van der Waals surface area (Å²) in [6.45, 7) is 0. The van der Waals surface area contributed by atoms with Crippen LogP contribution in [-0.4, -0.2) is 22.4 Å². The first-order valence-electron chi connectivity index (χ1n) is 4.86. The number of carbonyl (C=O) groups excluding carboxylic acids is 1. The number of oxime groups is 1. The molecule has 7 heteroatoms. The molecule has 0 bridgehead atoms. The van der Waals surface area contributed by atoms with Crippen LogP contribution in [0.15, 0.2) is 40.1 Å². The van der Waals surface area contributed by atoms with Crippen LogP contribution >= 0.6 is 27.5 Å². The van der Waals surface area contributed by atoms with Crippen LogP contribution in [-0.2, 0) is 4.84 Å². The van der Waals surface area contributed by atoms with E-state index < -0.39 is 5.97 Å². The van der Waals surface area contributed by atoms with E-state index in [1.54, 1.807) is 30.5 Å². The van der Waals surface area contributed by atoms with Gasteiger partial charge >= 0.3 is 5.97 Å². The van der Waals surface area contributed by atoms with E-state index in [1.165, 1.54) is 6.21 Å². The van der Waals surface area contributed by atoms with Crippen LogP contribution in [0.5, 0.6) is 0 Å². The average Bonchev–Trinajstić information content (AvgIpc) is 2.76. The van der Waals surface area contributed by atoms with Crippen LogP contribution in [0.1, 0.15) is 16.1 Å². The second kappa shape index (κ2) is 5.79. The van der Waals surface area contributed by atoms with Gasteiger partial charge in [-0.1, -0.05) is 16.8 Å². The third kappa shape index (κ3) is 3.18. The Balaban J connectivity index is 1.98. The molecule has 0 fully saturated rings. The molecule has 1 aromatic heterocycles. The van der Waals surface area contributed by atoms with E-state index in [9.17, 15) is 4.79 Å². The lowest BCUT2D eigenvalue weighted by atomic mass is 10.2. The maximum atomic E-state index is 11.6. The van der Waals surface area contributed by atoms with Crippen molar-refractivity contribution in [3.05, 3.63) is 51.2 Å². The first-order chi connectivity index (χ1) is 8.66. The minimum absolute atomic E-state index is 0.375. The second-order valence-corrected chi connectivity index (χ2v) is 4.54. The Kier molecular flexibility index (Phi) is 4.11. The summed E-state index contributed by atoms with van der Waals surface area (Å²) in [6, 6.07) is 6.33. The molecule has 1 heterocycles. The molecular weight excluding hydrogens is 321 g/mol. The molecule has 5 nitrogen and oxygen atoms in total. The second-order valence-electron chi connectivity index (χ2n) is 3.25. The molecule has 0 saturated heterocycles. The van der Waals surface area contributed by atoms with Crippen LogP contribution in [0, 0.1) is 0 Å². The molecule has 0 amide bonds. The molecule has 18 heavy (non-hydrogen) atoms. The summed E-state index contributed by atoms with van der Waals surface area (Å²) >= 11 is 8.95. The van der Waals surface area contributed by atoms with E-state index in [2.05, 4.69) is 31.3 Å². The van der Waals surface area contributed by atoms with Crippen molar-refractivity contribution in [1.29, 1.82) is 0 Å². The molecule has 0 aliphatic rings. The third-order valence-electron chi connectivity index (χ3n) is 2.02. The van der Waals surface area contributed by atoms with Gasteiger partial charge < -0.3 is 4.84 Å². The van der Waals surface area contributed by atoms with Gasteiger partial charge in [-0.3, -0.25) is 5.10 Å². The molecule has 1 N–H and O–H groups in total. The molecule has 0 atom stereocenters. The zero-order valence-electron chi connectivity index (χ0n) is 8.93. The Morgan fingerprint density at radius 1 is 1.44 bits per heavy atom. The van der Waals surface area contributed by atoms with Gasteiger partial charge in [-0.2, -0.15) is 5.10 Å². The zero-order chi connectivity index (χ0) is 13.0. The van der Waals surface area contributed by atoms with Gasteiger partial charge in [0, 0.05) is 5.02 Å². The minimum Gasteiger partial charge on any atom is -0.313 e. The molecular formula is C11H7BrClN3O2. The molecule has 0 unspecified atom stereocenters. The summed E-state index contributed by atoms with van der Waals surface area (Å²) in [6.07, 6.45) is 2.92. The largest absolute Gasteiger partial charge is 0.365 e. The average molecular weight is 329 g/mol. The first kappa shape index (κ1) is 12.8. The van der Waals surface area contributed by atoms with E-state index in [0.29, 0.717) is 16.3 Å². The number of carbonyl (C=O) groups is 1. The Morgan fingerprint density at radius 2 is 2.17 bits per heavy atom. The fraction of sp³-hybridized carbons (Fsp3) is 0. The van der Waals surface area contributed by atoms with E-state index in [-0.39, 0.29) is 0 Å². The van der Waals surface area contributed by atoms with Gasteiger partial charge in [-0.05, 0) is 40.2 Å². The highest BCUT2D eigenvalue weighted by atomic mass is 79.9. The normalized spacial score (nSPS) is 10.8. The number of hydrogen-bond acceptors (Lipinski definition) is 4. The predicted octanol–water partition coefficient (Wildman–Crippen LogP) is 3.02. The van der Waals surface area contributed by atoms with Gasteiger partial charge in [0.25, 0.3) is 0 Å². The maximum Gasteiger partial charge on any atom is 0.365 e. The fourth-order valence-corrected chi connectivity index (χ4v) is 1.56. The smallest absolute Gasteiger partial charge is 0.313 e. The van der Waals surface area contributed by atoms with Crippen molar-refractivity contribution in [2.75, 3.05) is 0 Å². The van der Waals surface area contributed by atoms with E-state index >= 15 is 0 Å². The van der Waals surface area contributed by atoms with Crippen molar-refractivity contribution >= 4 is 39.7 Å². The van der Waals surface area contributed by atoms with Crippen LogP contribution in [0.25, 0.3) is 0 Å². The molecule has 0 radical (unpaired) electrons. The molecule has 0 spiro atoms. The van der Waals surface area contributed by atoms with Gasteiger partial charge in [-0.15, -0.1) is 0 Å². The highest BCUT2D eigenvalue weighted by molar-refractivity contribution is 9.10. The highest BCUT2D eigenvalue weighted by Gasteiger charge is 2.06. The topological polar surface area (TPSA) is 67.3 Å². The molecule has 2 aromatic rings. The number of benzene rings is 1. The van der Waals surface area contributed by atoms with Crippen LogP contribution in [0.2, 0.25) is 5.02 Å². The number of nitrogens with zero attached hydrogens (tertiary/aromatic N) is 2. The predicted molar refractivity (Wildman–Crippen MR) is 70.7 cm³/mol. The lowest BCUT2D eigenvalue weighted by Crippen LogP contribution is -2.00. The molecule has 0 aliphatic carbocycles. The number of aromatic amines is 1. The number of nitrogens with one attached hydrogen (secondary N) is 1. The SMILES string of the molecule is O=C(O/N=C/c1[nH]ncc1Br)c1ccc(Cl)cc1. The molecule has 0 saturated carbocycles. The minimum atomic E-state index is -0.557. The van der Waals surface area contributed by atoms with Gasteiger partial charge in [0.15, 0.2) is 0 Å². The highest BCUT2D eigenvalue weighted by Crippen LogP contribution is 2.11.